The number of ether oxygens (including phenoxy) is 1. The van der Waals surface area contributed by atoms with Gasteiger partial charge in [0.2, 0.25) is 5.91 Å². The van der Waals surface area contributed by atoms with E-state index in [1.165, 1.54) is 48.6 Å². The first-order valence-electron chi connectivity index (χ1n) is 11.9. The molecular formula is C30H29NO7. The van der Waals surface area contributed by atoms with Gasteiger partial charge in [-0.1, -0.05) is 54.1 Å². The monoisotopic (exact) mass is 515 g/mol. The number of hydrogen-bond acceptors (Lipinski definition) is 7. The SMILES string of the molecule is Cc1ccc(/C=C/C(=O)C(C(=O)/C=C/c2ccc(O)cc2)C(=O)Nc2ccc(OC(CO)CO)cc2)cc1. The standard InChI is InChI=1S/C30H29NO7/c1-20-2-4-21(5-3-20)8-16-27(35)29(28(36)17-9-22-6-12-24(34)13-7-22)30(37)31-23-10-14-25(15-11-23)38-26(18-32)19-33/h2-17,26,29,32-34H,18-19H2,1H3,(H,31,37)/b16-8+,17-9+. The van der Waals surface area contributed by atoms with Crippen LogP contribution in [0.25, 0.3) is 12.2 Å². The fourth-order valence-corrected chi connectivity index (χ4v) is 3.37. The molecule has 3 aromatic carbocycles. The topological polar surface area (TPSA) is 133 Å². The van der Waals surface area contributed by atoms with Crippen LogP contribution in [0, 0.1) is 12.8 Å². The smallest absolute Gasteiger partial charge is 0.243 e. The number of aromatic hydroxyl groups is 1. The number of amides is 1. The highest BCUT2D eigenvalue weighted by Gasteiger charge is 2.31. The number of benzene rings is 3. The van der Waals surface area contributed by atoms with Crippen LogP contribution in [0.15, 0.2) is 84.9 Å². The number of carbonyl (C=O) groups excluding carboxylic acids is 3. The van der Waals surface area contributed by atoms with Gasteiger partial charge < -0.3 is 25.4 Å². The molecule has 0 bridgehead atoms. The van der Waals surface area contributed by atoms with Crippen LogP contribution in [0.5, 0.6) is 11.5 Å². The Labute approximate surface area is 220 Å². The van der Waals surface area contributed by atoms with Gasteiger partial charge in [-0.15, -0.1) is 0 Å². The van der Waals surface area contributed by atoms with E-state index in [2.05, 4.69) is 5.32 Å². The molecule has 0 heterocycles. The van der Waals surface area contributed by atoms with Gasteiger partial charge in [0.15, 0.2) is 17.5 Å². The third kappa shape index (κ3) is 8.26. The molecule has 4 N–H and O–H groups in total. The predicted octanol–water partition coefficient (Wildman–Crippen LogP) is 3.55. The summed E-state index contributed by atoms with van der Waals surface area (Å²) in [6, 6.07) is 19.6. The highest BCUT2D eigenvalue weighted by atomic mass is 16.5. The molecule has 0 spiro atoms. The molecular weight excluding hydrogens is 486 g/mol. The number of phenols is 1. The van der Waals surface area contributed by atoms with Gasteiger partial charge in [0.25, 0.3) is 0 Å². The summed E-state index contributed by atoms with van der Waals surface area (Å²) in [6.07, 6.45) is 4.60. The van der Waals surface area contributed by atoms with E-state index in [0.717, 1.165) is 17.2 Å². The van der Waals surface area contributed by atoms with Crippen molar-refractivity contribution in [1.29, 1.82) is 0 Å². The number of rotatable bonds is 12. The van der Waals surface area contributed by atoms with Gasteiger partial charge in [-0.2, -0.15) is 0 Å². The van der Waals surface area contributed by atoms with Crippen LogP contribution < -0.4 is 10.1 Å². The first-order valence-corrected chi connectivity index (χ1v) is 11.9. The van der Waals surface area contributed by atoms with Gasteiger partial charge in [-0.05, 0) is 66.6 Å². The van der Waals surface area contributed by atoms with Crippen LogP contribution in [0.2, 0.25) is 0 Å². The third-order valence-electron chi connectivity index (χ3n) is 5.51. The predicted molar refractivity (Wildman–Crippen MR) is 145 cm³/mol. The highest BCUT2D eigenvalue weighted by molar-refractivity contribution is 6.28. The maximum absolute atomic E-state index is 13.1. The molecule has 0 aromatic heterocycles. The Kier molecular flexibility index (Phi) is 10.1. The van der Waals surface area contributed by atoms with E-state index in [-0.39, 0.29) is 19.0 Å². The normalized spacial score (nSPS) is 12.1. The fraction of sp³-hybridized carbons (Fsp3) is 0.167. The number of aliphatic hydroxyl groups excluding tert-OH is 2. The van der Waals surface area contributed by atoms with Gasteiger partial charge in [-0.25, -0.2) is 0 Å². The number of aliphatic hydroxyl groups is 2. The molecule has 0 aliphatic rings. The molecule has 3 rings (SSSR count). The first kappa shape index (κ1) is 28.0. The average Bonchev–Trinajstić information content (AvgIpc) is 2.92. The minimum Gasteiger partial charge on any atom is -0.508 e. The van der Waals surface area contributed by atoms with Gasteiger partial charge >= 0.3 is 0 Å². The Balaban J connectivity index is 1.79. The number of phenolic OH excluding ortho intramolecular Hbond substituents is 1. The Hall–Kier alpha value is -4.53. The van der Waals surface area contributed by atoms with E-state index >= 15 is 0 Å². The minimum absolute atomic E-state index is 0.0711. The zero-order valence-electron chi connectivity index (χ0n) is 20.8. The molecule has 0 radical (unpaired) electrons. The Morgan fingerprint density at radius 2 is 1.29 bits per heavy atom. The van der Waals surface area contributed by atoms with E-state index in [4.69, 9.17) is 14.9 Å². The number of ketones is 2. The zero-order valence-corrected chi connectivity index (χ0v) is 20.8. The molecule has 0 saturated heterocycles. The Morgan fingerprint density at radius 3 is 1.79 bits per heavy atom. The molecule has 0 saturated carbocycles. The molecule has 8 nitrogen and oxygen atoms in total. The first-order chi connectivity index (χ1) is 18.3. The van der Waals surface area contributed by atoms with Crippen molar-refractivity contribution in [2.75, 3.05) is 18.5 Å². The maximum Gasteiger partial charge on any atom is 0.243 e. The summed E-state index contributed by atoms with van der Waals surface area (Å²) >= 11 is 0. The number of nitrogens with one attached hydrogen (secondary N) is 1. The Morgan fingerprint density at radius 1 is 0.789 bits per heavy atom. The maximum atomic E-state index is 13.1. The van der Waals surface area contributed by atoms with Crippen molar-refractivity contribution in [1.82, 2.24) is 0 Å². The van der Waals surface area contributed by atoms with E-state index < -0.39 is 29.5 Å². The number of allylic oxidation sites excluding steroid dienone is 2. The molecule has 38 heavy (non-hydrogen) atoms. The second kappa shape index (κ2) is 13.7. The largest absolute Gasteiger partial charge is 0.508 e. The average molecular weight is 516 g/mol. The van der Waals surface area contributed by atoms with Crippen molar-refractivity contribution in [2.24, 2.45) is 5.92 Å². The molecule has 1 atom stereocenters. The van der Waals surface area contributed by atoms with Gasteiger partial charge in [0, 0.05) is 5.69 Å². The summed E-state index contributed by atoms with van der Waals surface area (Å²) in [5, 5.41) is 30.3. The minimum atomic E-state index is -1.63. The lowest BCUT2D eigenvalue weighted by Crippen LogP contribution is -2.34. The molecule has 0 fully saturated rings. The summed E-state index contributed by atoms with van der Waals surface area (Å²) in [5.74, 6) is -3.39. The quantitative estimate of drug-likeness (QED) is 0.214. The van der Waals surface area contributed by atoms with Crippen LogP contribution in [-0.2, 0) is 14.4 Å². The van der Waals surface area contributed by atoms with Crippen molar-refractivity contribution in [3.05, 3.63) is 102 Å². The van der Waals surface area contributed by atoms with Crippen molar-refractivity contribution in [3.8, 4) is 11.5 Å². The van der Waals surface area contributed by atoms with Gasteiger partial charge in [-0.3, -0.25) is 14.4 Å². The van der Waals surface area contributed by atoms with Crippen molar-refractivity contribution in [2.45, 2.75) is 13.0 Å². The van der Waals surface area contributed by atoms with E-state index in [0.29, 0.717) is 17.0 Å². The van der Waals surface area contributed by atoms with Crippen molar-refractivity contribution >= 4 is 35.3 Å². The fourth-order valence-electron chi connectivity index (χ4n) is 3.37. The lowest BCUT2D eigenvalue weighted by atomic mass is 9.95. The molecule has 196 valence electrons. The second-order valence-electron chi connectivity index (χ2n) is 8.53. The number of carbonyl (C=O) groups is 3. The van der Waals surface area contributed by atoms with E-state index in [1.54, 1.807) is 18.2 Å². The lowest BCUT2D eigenvalue weighted by Gasteiger charge is -2.15. The Bertz CT molecular complexity index is 1220. The number of aryl methyl sites for hydroxylation is 1. The van der Waals surface area contributed by atoms with Gasteiger partial charge in [0.1, 0.15) is 17.6 Å². The summed E-state index contributed by atoms with van der Waals surface area (Å²) in [7, 11) is 0. The zero-order chi connectivity index (χ0) is 27.5. The van der Waals surface area contributed by atoms with Crippen LogP contribution in [0.3, 0.4) is 0 Å². The van der Waals surface area contributed by atoms with E-state index in [1.807, 2.05) is 31.2 Å². The van der Waals surface area contributed by atoms with Crippen molar-refractivity contribution in [3.63, 3.8) is 0 Å². The summed E-state index contributed by atoms with van der Waals surface area (Å²) < 4.78 is 5.40. The van der Waals surface area contributed by atoms with Crippen LogP contribution >= 0.6 is 0 Å². The third-order valence-corrected chi connectivity index (χ3v) is 5.51. The molecule has 1 unspecified atom stereocenters. The summed E-state index contributed by atoms with van der Waals surface area (Å²) in [5.41, 5.74) is 2.73. The number of anilines is 1. The van der Waals surface area contributed by atoms with Crippen LogP contribution in [-0.4, -0.2) is 52.1 Å². The molecule has 0 aliphatic heterocycles. The molecule has 1 amide bonds. The van der Waals surface area contributed by atoms with Crippen LogP contribution in [0.1, 0.15) is 16.7 Å². The summed E-state index contributed by atoms with van der Waals surface area (Å²) in [6.45, 7) is 1.21. The molecule has 0 aliphatic carbocycles. The lowest BCUT2D eigenvalue weighted by molar-refractivity contribution is -0.134. The van der Waals surface area contributed by atoms with Crippen LogP contribution in [0.4, 0.5) is 5.69 Å². The van der Waals surface area contributed by atoms with Crippen molar-refractivity contribution < 1.29 is 34.4 Å². The van der Waals surface area contributed by atoms with E-state index in [9.17, 15) is 19.5 Å². The molecule has 8 heteroatoms. The summed E-state index contributed by atoms with van der Waals surface area (Å²) in [4.78, 5) is 39.2. The molecule has 3 aromatic rings. The number of hydrogen-bond donors (Lipinski definition) is 4. The second-order valence-corrected chi connectivity index (χ2v) is 8.53. The van der Waals surface area contributed by atoms with Gasteiger partial charge in [0.05, 0.1) is 13.2 Å². The highest BCUT2D eigenvalue weighted by Crippen LogP contribution is 2.19.